The molecule has 150 valence electrons. The highest BCUT2D eigenvalue weighted by Crippen LogP contribution is 2.40. The lowest BCUT2D eigenvalue weighted by atomic mass is 9.98. The molecule has 1 fully saturated rings. The largest absolute Gasteiger partial charge is 0.481 e. The summed E-state index contributed by atoms with van der Waals surface area (Å²) >= 11 is 0. The molecular formula is C22H23N3O4. The molecule has 2 heterocycles. The fraction of sp³-hybridized carbons (Fsp3) is 0.364. The molecule has 0 saturated heterocycles. The molecule has 0 spiro atoms. The zero-order valence-electron chi connectivity index (χ0n) is 16.4. The van der Waals surface area contributed by atoms with Crippen LogP contribution in [0.25, 0.3) is 11.1 Å². The highest BCUT2D eigenvalue weighted by molar-refractivity contribution is 6.06. The Morgan fingerprint density at radius 1 is 1.28 bits per heavy atom. The fourth-order valence-electron chi connectivity index (χ4n) is 3.56. The quantitative estimate of drug-likeness (QED) is 0.637. The molecule has 3 aromatic rings. The van der Waals surface area contributed by atoms with Crippen LogP contribution in [0, 0.1) is 19.8 Å². The highest BCUT2D eigenvalue weighted by atomic mass is 16.5. The Morgan fingerprint density at radius 2 is 2.07 bits per heavy atom. The van der Waals surface area contributed by atoms with Gasteiger partial charge in [-0.25, -0.2) is 4.98 Å². The fourth-order valence-corrected chi connectivity index (χ4v) is 3.56. The second-order valence-electron chi connectivity index (χ2n) is 7.76. The molecule has 0 radical (unpaired) electrons. The van der Waals surface area contributed by atoms with Gasteiger partial charge in [0.25, 0.3) is 11.6 Å². The van der Waals surface area contributed by atoms with Crippen molar-refractivity contribution in [3.05, 3.63) is 58.4 Å². The molecule has 4 rings (SSSR count). The Labute approximate surface area is 168 Å². The zero-order valence-corrected chi connectivity index (χ0v) is 16.4. The number of aliphatic carboxylic acids is 1. The lowest BCUT2D eigenvalue weighted by Gasteiger charge is -2.14. The smallest absolute Gasteiger partial charge is 0.308 e. The van der Waals surface area contributed by atoms with E-state index in [0.29, 0.717) is 34.7 Å². The van der Waals surface area contributed by atoms with Gasteiger partial charge in [-0.15, -0.1) is 0 Å². The van der Waals surface area contributed by atoms with Gasteiger partial charge in [-0.2, -0.15) is 0 Å². The molecule has 2 N–H and O–H groups in total. The summed E-state index contributed by atoms with van der Waals surface area (Å²) in [6.07, 6.45) is 2.44. The van der Waals surface area contributed by atoms with E-state index in [9.17, 15) is 14.7 Å². The molecule has 1 atom stereocenters. The van der Waals surface area contributed by atoms with Crippen LogP contribution in [0.5, 0.6) is 0 Å². The standard InChI is InChI=1S/C22H23N3O4/c1-12-4-3-5-14(8-12)9-16(22(27)28)11-23-20(26)17-10-18(15-6-7-15)24-21-19(17)13(2)25-29-21/h3-5,8,10,15-16H,6-7,9,11H2,1-2H3,(H,23,26)(H,27,28). The van der Waals surface area contributed by atoms with Gasteiger partial charge in [0.05, 0.1) is 22.6 Å². The minimum Gasteiger partial charge on any atom is -0.481 e. The molecule has 7 nitrogen and oxygen atoms in total. The van der Waals surface area contributed by atoms with Crippen molar-refractivity contribution in [2.24, 2.45) is 5.92 Å². The van der Waals surface area contributed by atoms with Gasteiger partial charge in [0.15, 0.2) is 0 Å². The lowest BCUT2D eigenvalue weighted by Crippen LogP contribution is -2.34. The number of aryl methyl sites for hydroxylation is 2. The van der Waals surface area contributed by atoms with Crippen molar-refractivity contribution in [2.75, 3.05) is 6.54 Å². The average molecular weight is 393 g/mol. The van der Waals surface area contributed by atoms with E-state index in [2.05, 4.69) is 15.5 Å². The number of carboxylic acid groups (broad SMARTS) is 1. The Hall–Kier alpha value is -3.22. The van der Waals surface area contributed by atoms with Crippen molar-refractivity contribution < 1.29 is 19.2 Å². The number of hydrogen-bond donors (Lipinski definition) is 2. The molecule has 1 unspecified atom stereocenters. The summed E-state index contributed by atoms with van der Waals surface area (Å²) in [6.45, 7) is 3.77. The number of carbonyl (C=O) groups excluding carboxylic acids is 1. The van der Waals surface area contributed by atoms with Crippen molar-refractivity contribution in [1.82, 2.24) is 15.5 Å². The summed E-state index contributed by atoms with van der Waals surface area (Å²) < 4.78 is 5.28. The van der Waals surface area contributed by atoms with E-state index >= 15 is 0 Å². The number of rotatable bonds is 7. The summed E-state index contributed by atoms with van der Waals surface area (Å²) in [6, 6.07) is 9.53. The normalized spacial score (nSPS) is 14.7. The van der Waals surface area contributed by atoms with Crippen LogP contribution >= 0.6 is 0 Å². The van der Waals surface area contributed by atoms with E-state index in [1.807, 2.05) is 31.2 Å². The van der Waals surface area contributed by atoms with Gasteiger partial charge in [-0.3, -0.25) is 9.59 Å². The van der Waals surface area contributed by atoms with Gasteiger partial charge in [0.2, 0.25) is 0 Å². The first-order chi connectivity index (χ1) is 13.9. The maximum absolute atomic E-state index is 12.9. The monoisotopic (exact) mass is 393 g/mol. The molecule has 7 heteroatoms. The number of nitrogens with one attached hydrogen (secondary N) is 1. The first-order valence-corrected chi connectivity index (χ1v) is 9.76. The zero-order chi connectivity index (χ0) is 20.5. The first kappa shape index (κ1) is 19.1. The molecule has 1 aliphatic rings. The third kappa shape index (κ3) is 4.13. The van der Waals surface area contributed by atoms with Crippen LogP contribution in [0.3, 0.4) is 0 Å². The van der Waals surface area contributed by atoms with Crippen LogP contribution in [-0.2, 0) is 11.2 Å². The summed E-state index contributed by atoms with van der Waals surface area (Å²) in [5, 5.41) is 16.9. The van der Waals surface area contributed by atoms with Crippen LogP contribution in [0.2, 0.25) is 0 Å². The number of fused-ring (bicyclic) bond motifs is 1. The number of benzene rings is 1. The van der Waals surface area contributed by atoms with Gasteiger partial charge < -0.3 is 14.9 Å². The molecule has 29 heavy (non-hydrogen) atoms. The Bertz CT molecular complexity index is 1080. The lowest BCUT2D eigenvalue weighted by molar-refractivity contribution is -0.141. The summed E-state index contributed by atoms with van der Waals surface area (Å²) in [5.74, 6) is -1.64. The van der Waals surface area contributed by atoms with Crippen LogP contribution in [0.4, 0.5) is 0 Å². The first-order valence-electron chi connectivity index (χ1n) is 9.76. The molecule has 0 aliphatic heterocycles. The highest BCUT2D eigenvalue weighted by Gasteiger charge is 2.29. The Morgan fingerprint density at radius 3 is 2.76 bits per heavy atom. The van der Waals surface area contributed by atoms with Crippen LogP contribution in [0.1, 0.15) is 51.6 Å². The van der Waals surface area contributed by atoms with Crippen molar-refractivity contribution in [2.45, 2.75) is 39.0 Å². The van der Waals surface area contributed by atoms with Gasteiger partial charge in [0.1, 0.15) is 0 Å². The maximum Gasteiger partial charge on any atom is 0.308 e. The van der Waals surface area contributed by atoms with Gasteiger partial charge in [-0.1, -0.05) is 35.0 Å². The molecule has 2 aromatic heterocycles. The number of aromatic nitrogens is 2. The minimum atomic E-state index is -0.938. The second-order valence-corrected chi connectivity index (χ2v) is 7.76. The van der Waals surface area contributed by atoms with Crippen LogP contribution < -0.4 is 5.32 Å². The summed E-state index contributed by atoms with van der Waals surface area (Å²) in [4.78, 5) is 29.2. The minimum absolute atomic E-state index is 0.0367. The number of hydrogen-bond acceptors (Lipinski definition) is 5. The van der Waals surface area contributed by atoms with Gasteiger partial charge >= 0.3 is 5.97 Å². The van der Waals surface area contributed by atoms with Crippen molar-refractivity contribution in [3.63, 3.8) is 0 Å². The second kappa shape index (κ2) is 7.66. The van der Waals surface area contributed by atoms with Crippen LogP contribution in [0.15, 0.2) is 34.9 Å². The third-order valence-corrected chi connectivity index (χ3v) is 5.30. The third-order valence-electron chi connectivity index (χ3n) is 5.30. The maximum atomic E-state index is 12.9. The van der Waals surface area contributed by atoms with E-state index in [4.69, 9.17) is 4.52 Å². The van der Waals surface area contributed by atoms with Crippen molar-refractivity contribution in [3.8, 4) is 0 Å². The number of carbonyl (C=O) groups is 2. The van der Waals surface area contributed by atoms with Crippen LogP contribution in [-0.4, -0.2) is 33.7 Å². The van der Waals surface area contributed by atoms with Crippen molar-refractivity contribution >= 4 is 23.0 Å². The van der Waals surface area contributed by atoms with E-state index < -0.39 is 11.9 Å². The molecule has 1 amide bonds. The molecule has 1 aliphatic carbocycles. The Kier molecular flexibility index (Phi) is 5.05. The number of amides is 1. The topological polar surface area (TPSA) is 105 Å². The van der Waals surface area contributed by atoms with E-state index in [1.54, 1.807) is 13.0 Å². The van der Waals surface area contributed by atoms with E-state index in [-0.39, 0.29) is 12.5 Å². The summed E-state index contributed by atoms with van der Waals surface area (Å²) in [5.41, 5.74) is 4.22. The number of carboxylic acids is 1. The van der Waals surface area contributed by atoms with E-state index in [0.717, 1.165) is 29.7 Å². The number of pyridine rings is 1. The Balaban J connectivity index is 1.53. The SMILES string of the molecule is Cc1cccc(CC(CNC(=O)c2cc(C3CC3)nc3onc(C)c23)C(=O)O)c1. The average Bonchev–Trinajstić information content (AvgIpc) is 3.47. The van der Waals surface area contributed by atoms with Crippen molar-refractivity contribution in [1.29, 1.82) is 0 Å². The van der Waals surface area contributed by atoms with E-state index in [1.165, 1.54) is 0 Å². The molecule has 1 aromatic carbocycles. The summed E-state index contributed by atoms with van der Waals surface area (Å²) in [7, 11) is 0. The predicted octanol–water partition coefficient (Wildman–Crippen LogP) is 3.39. The predicted molar refractivity (Wildman–Crippen MR) is 107 cm³/mol. The molecular weight excluding hydrogens is 370 g/mol. The molecule has 1 saturated carbocycles. The van der Waals surface area contributed by atoms with Gasteiger partial charge in [0, 0.05) is 18.2 Å². The molecule has 0 bridgehead atoms. The van der Waals surface area contributed by atoms with Gasteiger partial charge in [-0.05, 0) is 44.7 Å². The number of nitrogens with zero attached hydrogens (tertiary/aromatic N) is 2.